The van der Waals surface area contributed by atoms with Crippen LogP contribution >= 0.6 is 0 Å². The van der Waals surface area contributed by atoms with Gasteiger partial charge in [-0.1, -0.05) is 38.1 Å². The van der Waals surface area contributed by atoms with E-state index in [-0.39, 0.29) is 17.4 Å². The lowest BCUT2D eigenvalue weighted by molar-refractivity contribution is -0.139. The Kier molecular flexibility index (Phi) is 8.15. The molecule has 1 aliphatic heterocycles. The maximum atomic E-state index is 13.2. The SMILES string of the molecule is CC(C)Oc1ccc(C(O)=C2C(=O)C(=O)N(CCCN(C)C)[C@H]2c2ccc(C(C)C)cc2)cc1. The first-order valence-corrected chi connectivity index (χ1v) is 11.9. The van der Waals surface area contributed by atoms with Crippen molar-refractivity contribution in [1.82, 2.24) is 9.80 Å². The van der Waals surface area contributed by atoms with Crippen molar-refractivity contribution in [3.05, 3.63) is 70.8 Å². The van der Waals surface area contributed by atoms with Crippen molar-refractivity contribution >= 4 is 17.4 Å². The zero-order valence-corrected chi connectivity index (χ0v) is 21.0. The molecule has 2 aromatic rings. The summed E-state index contributed by atoms with van der Waals surface area (Å²) in [5, 5.41) is 11.2. The monoisotopic (exact) mass is 464 g/mol. The van der Waals surface area contributed by atoms with Gasteiger partial charge in [0.05, 0.1) is 17.7 Å². The number of carbonyl (C=O) groups is 2. The Bertz CT molecular complexity index is 1040. The number of hydrogen-bond donors (Lipinski definition) is 1. The summed E-state index contributed by atoms with van der Waals surface area (Å²) in [5.74, 6) is -0.341. The fraction of sp³-hybridized carbons (Fsp3) is 0.429. The molecular weight excluding hydrogens is 428 g/mol. The molecule has 182 valence electrons. The van der Waals surface area contributed by atoms with E-state index in [1.165, 1.54) is 5.56 Å². The number of aliphatic hydroxyl groups is 1. The first kappa shape index (κ1) is 25.5. The maximum Gasteiger partial charge on any atom is 0.295 e. The summed E-state index contributed by atoms with van der Waals surface area (Å²) in [7, 11) is 3.95. The van der Waals surface area contributed by atoms with Crippen LogP contribution in [0.3, 0.4) is 0 Å². The fourth-order valence-corrected chi connectivity index (χ4v) is 4.20. The molecule has 0 radical (unpaired) electrons. The second kappa shape index (κ2) is 10.9. The molecule has 0 aromatic heterocycles. The van der Waals surface area contributed by atoms with Gasteiger partial charge >= 0.3 is 0 Å². The average Bonchev–Trinajstić information content (AvgIpc) is 3.03. The number of Topliss-reactive ketones (excluding diaryl/α,β-unsaturated/α-hetero) is 1. The van der Waals surface area contributed by atoms with Crippen LogP contribution in [0.1, 0.15) is 62.8 Å². The predicted octanol–water partition coefficient (Wildman–Crippen LogP) is 4.97. The smallest absolute Gasteiger partial charge is 0.295 e. The zero-order valence-electron chi connectivity index (χ0n) is 21.0. The molecule has 1 fully saturated rings. The van der Waals surface area contributed by atoms with Crippen LogP contribution in [0.4, 0.5) is 0 Å². The number of benzene rings is 2. The van der Waals surface area contributed by atoms with Crippen LogP contribution in [0.15, 0.2) is 54.1 Å². The fourth-order valence-electron chi connectivity index (χ4n) is 4.20. The van der Waals surface area contributed by atoms with Crippen molar-refractivity contribution in [3.8, 4) is 5.75 Å². The zero-order chi connectivity index (χ0) is 25.0. The molecule has 0 spiro atoms. The summed E-state index contributed by atoms with van der Waals surface area (Å²) < 4.78 is 5.68. The van der Waals surface area contributed by atoms with Gasteiger partial charge in [0.15, 0.2) is 0 Å². The van der Waals surface area contributed by atoms with Crippen LogP contribution in [0.2, 0.25) is 0 Å². The first-order valence-electron chi connectivity index (χ1n) is 11.9. The Morgan fingerprint density at radius 3 is 2.15 bits per heavy atom. The van der Waals surface area contributed by atoms with Crippen molar-refractivity contribution in [3.63, 3.8) is 0 Å². The Balaban J connectivity index is 2.04. The van der Waals surface area contributed by atoms with E-state index in [2.05, 4.69) is 13.8 Å². The number of nitrogens with zero attached hydrogens (tertiary/aromatic N) is 2. The van der Waals surface area contributed by atoms with Crippen molar-refractivity contribution < 1.29 is 19.4 Å². The van der Waals surface area contributed by atoms with E-state index in [1.807, 2.05) is 57.1 Å². The quantitative estimate of drug-likeness (QED) is 0.322. The molecule has 34 heavy (non-hydrogen) atoms. The molecule has 6 heteroatoms. The third kappa shape index (κ3) is 5.68. The maximum absolute atomic E-state index is 13.2. The van der Waals surface area contributed by atoms with Crippen LogP contribution in [-0.2, 0) is 9.59 Å². The van der Waals surface area contributed by atoms with Crippen LogP contribution in [0, 0.1) is 0 Å². The van der Waals surface area contributed by atoms with Crippen molar-refractivity contribution in [2.75, 3.05) is 27.2 Å². The highest BCUT2D eigenvalue weighted by molar-refractivity contribution is 6.46. The molecule has 2 aromatic carbocycles. The van der Waals surface area contributed by atoms with Crippen molar-refractivity contribution in [2.45, 2.75) is 52.2 Å². The number of amides is 1. The number of likely N-dealkylation sites (tertiary alicyclic amines) is 1. The molecule has 1 heterocycles. The van der Waals surface area contributed by atoms with E-state index in [9.17, 15) is 14.7 Å². The van der Waals surface area contributed by atoms with Crippen molar-refractivity contribution in [2.24, 2.45) is 0 Å². The topological polar surface area (TPSA) is 70.1 Å². The number of carbonyl (C=O) groups excluding carboxylic acids is 2. The second-order valence-corrected chi connectivity index (χ2v) is 9.66. The normalized spacial score (nSPS) is 17.9. The first-order chi connectivity index (χ1) is 16.1. The van der Waals surface area contributed by atoms with Gasteiger partial charge in [0.1, 0.15) is 11.5 Å². The molecule has 6 nitrogen and oxygen atoms in total. The third-order valence-corrected chi connectivity index (χ3v) is 5.96. The van der Waals surface area contributed by atoms with E-state index in [4.69, 9.17) is 4.74 Å². The molecule has 1 aliphatic rings. The van der Waals surface area contributed by atoms with E-state index in [0.717, 1.165) is 18.5 Å². The summed E-state index contributed by atoms with van der Waals surface area (Å²) in [5.41, 5.74) is 2.60. The van der Waals surface area contributed by atoms with Gasteiger partial charge in [-0.2, -0.15) is 0 Å². The van der Waals surface area contributed by atoms with Gasteiger partial charge in [-0.3, -0.25) is 9.59 Å². The minimum Gasteiger partial charge on any atom is -0.507 e. The minimum absolute atomic E-state index is 0.0285. The Morgan fingerprint density at radius 2 is 1.62 bits per heavy atom. The Labute approximate surface area is 202 Å². The standard InChI is InChI=1S/C28H36N2O4/c1-18(2)20-8-10-21(11-9-20)25-24(27(32)28(33)30(25)17-7-16-29(5)6)26(31)22-12-14-23(15-13-22)34-19(3)4/h8-15,18-19,25,31H,7,16-17H2,1-6H3/t25-/m0/s1. The summed E-state index contributed by atoms with van der Waals surface area (Å²) in [6, 6.07) is 14.3. The van der Waals surface area contributed by atoms with Gasteiger partial charge in [0.25, 0.3) is 11.7 Å². The van der Waals surface area contributed by atoms with Crippen LogP contribution in [0.25, 0.3) is 5.76 Å². The highest BCUT2D eigenvalue weighted by Crippen LogP contribution is 2.40. The predicted molar refractivity (Wildman–Crippen MR) is 135 cm³/mol. The molecule has 3 rings (SSSR count). The van der Waals surface area contributed by atoms with Gasteiger partial charge in [-0.05, 0) is 82.2 Å². The molecule has 0 unspecified atom stereocenters. The minimum atomic E-state index is -0.650. The van der Waals surface area contributed by atoms with E-state index in [0.29, 0.717) is 23.8 Å². The summed E-state index contributed by atoms with van der Waals surface area (Å²) in [6.45, 7) is 9.34. The van der Waals surface area contributed by atoms with Crippen LogP contribution in [0.5, 0.6) is 5.75 Å². The number of rotatable bonds is 9. The molecule has 1 amide bonds. The number of hydrogen-bond acceptors (Lipinski definition) is 5. The number of aliphatic hydroxyl groups excluding tert-OH is 1. The van der Waals surface area contributed by atoms with Gasteiger partial charge in [0, 0.05) is 12.1 Å². The van der Waals surface area contributed by atoms with Gasteiger partial charge < -0.3 is 19.6 Å². The lowest BCUT2D eigenvalue weighted by atomic mass is 9.93. The van der Waals surface area contributed by atoms with Gasteiger partial charge in [-0.25, -0.2) is 0 Å². The molecule has 1 saturated heterocycles. The molecule has 0 aliphatic carbocycles. The Morgan fingerprint density at radius 1 is 1.00 bits per heavy atom. The third-order valence-electron chi connectivity index (χ3n) is 5.96. The summed E-state index contributed by atoms with van der Waals surface area (Å²) in [4.78, 5) is 29.9. The molecule has 0 saturated carbocycles. The summed E-state index contributed by atoms with van der Waals surface area (Å²) >= 11 is 0. The van der Waals surface area contributed by atoms with Crippen LogP contribution in [-0.4, -0.2) is 59.9 Å². The summed E-state index contributed by atoms with van der Waals surface area (Å²) in [6.07, 6.45) is 0.753. The molecular formula is C28H36N2O4. The molecule has 1 atom stereocenters. The van der Waals surface area contributed by atoms with Gasteiger partial charge in [0.2, 0.25) is 0 Å². The largest absolute Gasteiger partial charge is 0.507 e. The Hall–Kier alpha value is -3.12. The number of ketones is 1. The lowest BCUT2D eigenvalue weighted by Crippen LogP contribution is -2.32. The lowest BCUT2D eigenvalue weighted by Gasteiger charge is -2.26. The highest BCUT2D eigenvalue weighted by Gasteiger charge is 2.45. The molecule has 0 bridgehead atoms. The molecule has 1 N–H and O–H groups in total. The average molecular weight is 465 g/mol. The second-order valence-electron chi connectivity index (χ2n) is 9.66. The van der Waals surface area contributed by atoms with Crippen LogP contribution < -0.4 is 4.74 Å². The van der Waals surface area contributed by atoms with E-state index < -0.39 is 17.7 Å². The van der Waals surface area contributed by atoms with E-state index >= 15 is 0 Å². The van der Waals surface area contributed by atoms with Crippen molar-refractivity contribution in [1.29, 1.82) is 0 Å². The number of ether oxygens (including phenoxy) is 1. The highest BCUT2D eigenvalue weighted by atomic mass is 16.5. The van der Waals surface area contributed by atoms with E-state index in [1.54, 1.807) is 29.2 Å². The van der Waals surface area contributed by atoms with Gasteiger partial charge in [-0.15, -0.1) is 0 Å².